The number of pyridine rings is 4. The quantitative estimate of drug-likeness (QED) is 0.166. The van der Waals surface area contributed by atoms with E-state index >= 15 is 0 Å². The van der Waals surface area contributed by atoms with Crippen LogP contribution in [-0.2, 0) is 25.5 Å². The number of benzene rings is 3. The zero-order chi connectivity index (χ0) is 44.3. The maximum atomic E-state index is 8.26. The fraction of sp³-hybridized carbons (Fsp3) is 0.182. The number of nitrogens with zero attached hydrogens (tertiary/aromatic N) is 4. The van der Waals surface area contributed by atoms with Crippen molar-refractivity contribution in [3.63, 3.8) is 0 Å². The van der Waals surface area contributed by atoms with Crippen LogP contribution in [0.3, 0.4) is 0 Å². The van der Waals surface area contributed by atoms with Gasteiger partial charge < -0.3 is 14.4 Å². The van der Waals surface area contributed by atoms with Crippen molar-refractivity contribution in [2.24, 2.45) is 0 Å². The summed E-state index contributed by atoms with van der Waals surface area (Å²) in [5.74, 6) is 0. The number of aromatic nitrogens is 4. The molecule has 8 aromatic rings. The minimum absolute atomic E-state index is 0. The molecule has 0 atom stereocenters. The van der Waals surface area contributed by atoms with E-state index in [1.165, 1.54) is 30.5 Å². The Balaban J connectivity index is 0.000000258. The van der Waals surface area contributed by atoms with Gasteiger partial charge >= 0.3 is 0 Å². The Morgan fingerprint density at radius 1 is 0.720 bits per heavy atom. The number of hydrogen-bond donors (Lipinski definition) is 0. The van der Waals surface area contributed by atoms with Crippen LogP contribution < -0.4 is 0 Å². The van der Waals surface area contributed by atoms with Gasteiger partial charge in [0.1, 0.15) is 0 Å². The van der Waals surface area contributed by atoms with E-state index < -0.39 is 27.4 Å². The standard InChI is InChI=1S/C31H26N3O.C13H12N.Ir/c1-18-9-13-25-23(12-14-27(34-25)31(3,4)5)28(18)20-15-16-32-26(17-20)24-8-6-7-21-22-11-10-19(2)33-30(22)35-29(21)24;1-10-3-6-12(7-4-10)13-8-5-11(2)9-14-13;/h6-7,9-17H,1-5H3;3-6,8-9H,1-2H3;/q2*-1;/i2*1D3,2D3;. The smallest absolute Gasteiger partial charge is 0.216 e. The molecule has 0 aliphatic rings. The molecule has 5 heterocycles. The Hall–Kier alpha value is -5.03. The van der Waals surface area contributed by atoms with Crippen LogP contribution in [0.15, 0.2) is 108 Å². The molecule has 0 N–H and O–H groups in total. The zero-order valence-corrected chi connectivity index (χ0v) is 29.7. The van der Waals surface area contributed by atoms with E-state index in [0.717, 1.165) is 16.5 Å². The molecule has 251 valence electrons. The maximum absolute atomic E-state index is 8.26. The van der Waals surface area contributed by atoms with Crippen LogP contribution in [0.5, 0.6) is 0 Å². The fourth-order valence-corrected chi connectivity index (χ4v) is 5.61. The molecule has 0 saturated heterocycles. The van der Waals surface area contributed by atoms with E-state index in [0.29, 0.717) is 50.1 Å². The van der Waals surface area contributed by atoms with Crippen molar-refractivity contribution < 1.29 is 41.0 Å². The molecule has 0 spiro atoms. The Kier molecular flexibility index (Phi) is 6.37. The largest absolute Gasteiger partial charge is 0.486 e. The van der Waals surface area contributed by atoms with Gasteiger partial charge in [0.25, 0.3) is 0 Å². The first kappa shape index (κ1) is 22.6. The Bertz CT molecular complexity index is 2840. The molecule has 0 saturated carbocycles. The molecular formula is C44H38IrN4O-2. The van der Waals surface area contributed by atoms with Crippen molar-refractivity contribution >= 4 is 33.0 Å². The molecule has 8 rings (SSSR count). The van der Waals surface area contributed by atoms with Crippen molar-refractivity contribution in [1.29, 1.82) is 0 Å². The number of aryl methyl sites for hydroxylation is 4. The van der Waals surface area contributed by atoms with E-state index in [1.54, 1.807) is 48.7 Å². The number of fused-ring (bicyclic) bond motifs is 4. The summed E-state index contributed by atoms with van der Waals surface area (Å²) < 4.78 is 97.6. The Labute approximate surface area is 324 Å². The number of furan rings is 1. The van der Waals surface area contributed by atoms with Crippen LogP contribution >= 0.6 is 0 Å². The minimum Gasteiger partial charge on any atom is -0.486 e. The van der Waals surface area contributed by atoms with Crippen molar-refractivity contribution in [2.45, 2.75) is 53.6 Å². The molecule has 0 unspecified atom stereocenters. The second-order valence-corrected chi connectivity index (χ2v) is 12.6. The molecule has 1 radical (unpaired) electrons. The van der Waals surface area contributed by atoms with Gasteiger partial charge in [0.05, 0.1) is 11.1 Å². The van der Waals surface area contributed by atoms with Gasteiger partial charge in [0, 0.05) is 76.5 Å². The minimum atomic E-state index is -2.36. The molecule has 5 aromatic heterocycles. The molecule has 0 aliphatic carbocycles. The summed E-state index contributed by atoms with van der Waals surface area (Å²) in [7, 11) is 0. The summed E-state index contributed by atoms with van der Waals surface area (Å²) >= 11 is 0. The SMILES string of the molecule is [2H]C([2H])([2H])c1c[c-]c(-c2ccc(C([2H])([2H])[2H])cn2)cc1.[2H]C([2H])([2H])c1ccc2c(n1)oc1c(-c3cc(-c4c(C([2H])([2H])[2H])ccc5nc(C(C)(C)C)ccc45)ccn3)[c-]ccc12.[Ir]. The molecule has 0 aliphatic heterocycles. The van der Waals surface area contributed by atoms with Crippen LogP contribution in [-0.4, -0.2) is 19.9 Å². The van der Waals surface area contributed by atoms with Gasteiger partial charge in [-0.2, -0.15) is 0 Å². The van der Waals surface area contributed by atoms with E-state index in [-0.39, 0.29) is 53.6 Å². The van der Waals surface area contributed by atoms with Gasteiger partial charge in [-0.15, -0.1) is 53.6 Å². The monoisotopic (exact) mass is 843 g/mol. The van der Waals surface area contributed by atoms with E-state index in [4.69, 9.17) is 25.9 Å². The van der Waals surface area contributed by atoms with Crippen LogP contribution in [0.2, 0.25) is 0 Å². The van der Waals surface area contributed by atoms with E-state index in [2.05, 4.69) is 47.9 Å². The molecule has 0 amide bonds. The van der Waals surface area contributed by atoms with Crippen molar-refractivity contribution in [3.8, 4) is 33.6 Å². The molecular weight excluding hydrogens is 793 g/mol. The summed E-state index contributed by atoms with van der Waals surface area (Å²) in [6.07, 6.45) is 2.93. The normalized spacial score (nSPS) is 15.9. The molecule has 3 aromatic carbocycles. The summed E-state index contributed by atoms with van der Waals surface area (Å²) in [4.78, 5) is 17.8. The van der Waals surface area contributed by atoms with E-state index in [1.807, 2.05) is 24.3 Å². The maximum Gasteiger partial charge on any atom is 0.216 e. The topological polar surface area (TPSA) is 64.7 Å². The Morgan fingerprint density at radius 3 is 2.32 bits per heavy atom. The van der Waals surface area contributed by atoms with Gasteiger partial charge in [-0.25, -0.2) is 4.98 Å². The molecule has 6 heteroatoms. The predicted molar refractivity (Wildman–Crippen MR) is 200 cm³/mol. The molecule has 50 heavy (non-hydrogen) atoms. The first-order chi connectivity index (χ1) is 28.4. The third-order valence-electron chi connectivity index (χ3n) is 8.10. The average molecular weight is 843 g/mol. The first-order valence-electron chi connectivity index (χ1n) is 21.5. The molecule has 0 fully saturated rings. The van der Waals surface area contributed by atoms with Crippen LogP contribution in [0.25, 0.3) is 66.6 Å². The second kappa shape index (κ2) is 14.1. The third-order valence-corrected chi connectivity index (χ3v) is 8.10. The van der Waals surface area contributed by atoms with Crippen molar-refractivity contribution in [1.82, 2.24) is 19.9 Å². The van der Waals surface area contributed by atoms with Gasteiger partial charge in [0.2, 0.25) is 5.71 Å². The second-order valence-electron chi connectivity index (χ2n) is 12.6. The van der Waals surface area contributed by atoms with Gasteiger partial charge in [-0.05, 0) is 84.5 Å². The van der Waals surface area contributed by atoms with Crippen LogP contribution in [0.4, 0.5) is 0 Å². The summed E-state index contributed by atoms with van der Waals surface area (Å²) in [6.45, 7) is -2.80. The van der Waals surface area contributed by atoms with Crippen LogP contribution in [0.1, 0.15) is 65.3 Å². The average Bonchev–Trinajstić information content (AvgIpc) is 3.57. The predicted octanol–water partition coefficient (Wildman–Crippen LogP) is 11.1. The van der Waals surface area contributed by atoms with Crippen molar-refractivity contribution in [3.05, 3.63) is 144 Å². The third kappa shape index (κ3) is 7.00. The van der Waals surface area contributed by atoms with E-state index in [9.17, 15) is 0 Å². The van der Waals surface area contributed by atoms with Gasteiger partial charge in [0.15, 0.2) is 0 Å². The first-order valence-corrected chi connectivity index (χ1v) is 15.5. The fourth-order valence-electron chi connectivity index (χ4n) is 5.61. The number of rotatable bonds is 3. The molecule has 0 bridgehead atoms. The van der Waals surface area contributed by atoms with Crippen LogP contribution in [0, 0.1) is 39.5 Å². The summed E-state index contributed by atoms with van der Waals surface area (Å²) in [5, 5.41) is 2.16. The zero-order valence-electron chi connectivity index (χ0n) is 39.3. The molecule has 5 nitrogen and oxygen atoms in total. The Morgan fingerprint density at radius 2 is 1.58 bits per heavy atom. The van der Waals surface area contributed by atoms with Gasteiger partial charge in [-0.3, -0.25) is 4.98 Å². The summed E-state index contributed by atoms with van der Waals surface area (Å²) in [5.41, 5.74) is 6.17. The number of hydrogen-bond acceptors (Lipinski definition) is 5. The summed E-state index contributed by atoms with van der Waals surface area (Å²) in [6, 6.07) is 31.3. The van der Waals surface area contributed by atoms with Gasteiger partial charge in [-0.1, -0.05) is 68.9 Å². The van der Waals surface area contributed by atoms with Crippen molar-refractivity contribution in [2.75, 3.05) is 0 Å².